The summed E-state index contributed by atoms with van der Waals surface area (Å²) in [6.07, 6.45) is 0.821. The average molecular weight is 326 g/mol. The van der Waals surface area contributed by atoms with Crippen molar-refractivity contribution in [3.63, 3.8) is 0 Å². The van der Waals surface area contributed by atoms with Gasteiger partial charge in [-0.05, 0) is 12.1 Å². The van der Waals surface area contributed by atoms with Crippen molar-refractivity contribution in [1.82, 2.24) is 4.57 Å². The van der Waals surface area contributed by atoms with Crippen LogP contribution in [0.15, 0.2) is 54.7 Å². The number of nitro groups is 1. The molecule has 3 rings (SSSR count). The van der Waals surface area contributed by atoms with Gasteiger partial charge in [-0.2, -0.15) is 0 Å². The van der Waals surface area contributed by atoms with Gasteiger partial charge >= 0.3 is 6.16 Å². The lowest BCUT2D eigenvalue weighted by molar-refractivity contribution is -0.385. The van der Waals surface area contributed by atoms with Crippen LogP contribution < -0.4 is 4.74 Å². The van der Waals surface area contributed by atoms with E-state index in [1.165, 1.54) is 13.2 Å². The minimum absolute atomic E-state index is 0.0470. The lowest BCUT2D eigenvalue weighted by Gasteiger charge is -2.06. The lowest BCUT2D eigenvalue weighted by atomic mass is 10.2. The Morgan fingerprint density at radius 2 is 1.88 bits per heavy atom. The molecule has 1 aromatic heterocycles. The maximum absolute atomic E-state index is 11.4. The van der Waals surface area contributed by atoms with Gasteiger partial charge in [0.15, 0.2) is 5.75 Å². The summed E-state index contributed by atoms with van der Waals surface area (Å²) in [6, 6.07) is 13.9. The van der Waals surface area contributed by atoms with Gasteiger partial charge < -0.3 is 14.0 Å². The molecule has 7 heteroatoms. The second-order valence-corrected chi connectivity index (χ2v) is 5.08. The Balaban J connectivity index is 2.04. The van der Waals surface area contributed by atoms with Crippen molar-refractivity contribution in [2.75, 3.05) is 7.11 Å². The van der Waals surface area contributed by atoms with Crippen molar-refractivity contribution >= 4 is 22.7 Å². The molecule has 3 aromatic rings. The van der Waals surface area contributed by atoms with Crippen molar-refractivity contribution in [3.8, 4) is 5.75 Å². The molecule has 0 aliphatic heterocycles. The number of methoxy groups -OCH3 is 1. The van der Waals surface area contributed by atoms with E-state index >= 15 is 0 Å². The molecule has 0 N–H and O–H groups in total. The molecular weight excluding hydrogens is 312 g/mol. The minimum atomic E-state index is -0.816. The Bertz CT molecular complexity index is 916. The highest BCUT2D eigenvalue weighted by Gasteiger charge is 2.17. The number of nitrogens with zero attached hydrogens (tertiary/aromatic N) is 2. The van der Waals surface area contributed by atoms with Gasteiger partial charge in [0, 0.05) is 23.2 Å². The maximum atomic E-state index is 11.4. The van der Waals surface area contributed by atoms with Crippen LogP contribution in [0.25, 0.3) is 10.9 Å². The second-order valence-electron chi connectivity index (χ2n) is 5.08. The minimum Gasteiger partial charge on any atom is -0.437 e. The van der Waals surface area contributed by atoms with E-state index in [9.17, 15) is 14.9 Å². The van der Waals surface area contributed by atoms with E-state index in [4.69, 9.17) is 4.74 Å². The molecule has 0 saturated carbocycles. The molecule has 0 spiro atoms. The van der Waals surface area contributed by atoms with Crippen LogP contribution in [0.2, 0.25) is 0 Å². The molecule has 0 aliphatic rings. The molecule has 0 amide bonds. The summed E-state index contributed by atoms with van der Waals surface area (Å²) < 4.78 is 11.5. The molecular formula is C17H14N2O5. The molecule has 0 bridgehead atoms. The fourth-order valence-electron chi connectivity index (χ4n) is 2.56. The third kappa shape index (κ3) is 2.91. The zero-order valence-electron chi connectivity index (χ0n) is 12.8. The van der Waals surface area contributed by atoms with Crippen LogP contribution >= 0.6 is 0 Å². The maximum Gasteiger partial charge on any atom is 0.513 e. The summed E-state index contributed by atoms with van der Waals surface area (Å²) in [4.78, 5) is 22.2. The van der Waals surface area contributed by atoms with E-state index in [2.05, 4.69) is 4.74 Å². The van der Waals surface area contributed by atoms with Gasteiger partial charge in [-0.1, -0.05) is 30.3 Å². The zero-order chi connectivity index (χ0) is 17.1. The van der Waals surface area contributed by atoms with Crippen molar-refractivity contribution in [1.29, 1.82) is 0 Å². The standard InChI is InChI=1S/C17H14N2O5/c1-23-17(20)24-16-11-18(15-9-5-3-7-13(15)16)10-12-6-2-4-8-14(12)19(21)22/h2-9,11H,10H2,1H3. The van der Waals surface area contributed by atoms with Gasteiger partial charge in [-0.15, -0.1) is 0 Å². The molecule has 7 nitrogen and oxygen atoms in total. The summed E-state index contributed by atoms with van der Waals surface area (Å²) in [5.41, 5.74) is 1.41. The Morgan fingerprint density at radius 3 is 2.62 bits per heavy atom. The van der Waals surface area contributed by atoms with Crippen LogP contribution in [0.5, 0.6) is 5.75 Å². The van der Waals surface area contributed by atoms with Crippen molar-refractivity contribution in [2.45, 2.75) is 6.54 Å². The van der Waals surface area contributed by atoms with Crippen molar-refractivity contribution in [2.24, 2.45) is 0 Å². The third-order valence-corrected chi connectivity index (χ3v) is 3.64. The van der Waals surface area contributed by atoms with Crippen LogP contribution in [-0.2, 0) is 11.3 Å². The molecule has 2 aromatic carbocycles. The van der Waals surface area contributed by atoms with Gasteiger partial charge in [0.2, 0.25) is 0 Å². The Morgan fingerprint density at radius 1 is 1.17 bits per heavy atom. The molecule has 122 valence electrons. The van der Waals surface area contributed by atoms with Crippen LogP contribution in [0.3, 0.4) is 0 Å². The fourth-order valence-corrected chi connectivity index (χ4v) is 2.56. The first-order valence-corrected chi connectivity index (χ1v) is 7.16. The molecule has 0 unspecified atom stereocenters. The van der Waals surface area contributed by atoms with Crippen LogP contribution in [0.4, 0.5) is 10.5 Å². The summed E-state index contributed by atoms with van der Waals surface area (Å²) in [7, 11) is 1.23. The first-order valence-electron chi connectivity index (χ1n) is 7.16. The van der Waals surface area contributed by atoms with Gasteiger partial charge in [0.25, 0.3) is 5.69 Å². The summed E-state index contributed by atoms with van der Waals surface area (Å²) >= 11 is 0. The van der Waals surface area contributed by atoms with Gasteiger partial charge in [0.1, 0.15) is 0 Å². The monoisotopic (exact) mass is 326 g/mol. The van der Waals surface area contributed by atoms with E-state index in [-0.39, 0.29) is 12.2 Å². The first kappa shape index (κ1) is 15.5. The van der Waals surface area contributed by atoms with E-state index < -0.39 is 11.1 Å². The predicted octanol–water partition coefficient (Wildman–Crippen LogP) is 3.74. The highest BCUT2D eigenvalue weighted by molar-refractivity contribution is 5.88. The molecule has 0 atom stereocenters. The van der Waals surface area contributed by atoms with Gasteiger partial charge in [-0.25, -0.2) is 4.79 Å². The zero-order valence-corrected chi connectivity index (χ0v) is 12.8. The normalized spacial score (nSPS) is 10.5. The van der Waals surface area contributed by atoms with Crippen LogP contribution in [0.1, 0.15) is 5.56 Å². The van der Waals surface area contributed by atoms with E-state index in [0.717, 1.165) is 10.9 Å². The number of nitro benzene ring substituents is 1. The summed E-state index contributed by atoms with van der Waals surface area (Å²) in [5, 5.41) is 11.9. The number of aromatic nitrogens is 1. The molecule has 0 radical (unpaired) electrons. The number of carbonyl (C=O) groups excluding carboxylic acids is 1. The van der Waals surface area contributed by atoms with Crippen molar-refractivity contribution < 1.29 is 19.2 Å². The lowest BCUT2D eigenvalue weighted by Crippen LogP contribution is -2.07. The number of benzene rings is 2. The van der Waals surface area contributed by atoms with E-state index in [0.29, 0.717) is 11.3 Å². The number of hydrogen-bond acceptors (Lipinski definition) is 5. The predicted molar refractivity (Wildman–Crippen MR) is 87.2 cm³/mol. The molecule has 0 fully saturated rings. The first-order chi connectivity index (χ1) is 11.6. The molecule has 0 aliphatic carbocycles. The number of ether oxygens (including phenoxy) is 2. The topological polar surface area (TPSA) is 83.6 Å². The number of rotatable bonds is 4. The SMILES string of the molecule is COC(=O)Oc1cn(Cc2ccccc2[N+](=O)[O-])c2ccccc12. The van der Waals surface area contributed by atoms with Gasteiger partial charge in [-0.3, -0.25) is 10.1 Å². The van der Waals surface area contributed by atoms with E-state index in [1.807, 2.05) is 24.3 Å². The largest absolute Gasteiger partial charge is 0.513 e. The summed E-state index contributed by atoms with van der Waals surface area (Å²) in [6.45, 7) is 0.280. The Hall–Kier alpha value is -3.35. The van der Waals surface area contributed by atoms with E-state index in [1.54, 1.807) is 29.0 Å². The van der Waals surface area contributed by atoms with Crippen LogP contribution in [-0.4, -0.2) is 22.8 Å². The Kier molecular flexibility index (Phi) is 4.15. The number of para-hydroxylation sites is 2. The average Bonchev–Trinajstić information content (AvgIpc) is 2.93. The molecule has 0 saturated heterocycles. The second kappa shape index (κ2) is 6.41. The number of hydrogen-bond donors (Lipinski definition) is 0. The summed E-state index contributed by atoms with van der Waals surface area (Å²) in [5.74, 6) is 0.344. The highest BCUT2D eigenvalue weighted by Crippen LogP contribution is 2.30. The quantitative estimate of drug-likeness (QED) is 0.414. The number of fused-ring (bicyclic) bond motifs is 1. The van der Waals surface area contributed by atoms with Crippen molar-refractivity contribution in [3.05, 3.63) is 70.4 Å². The molecule has 24 heavy (non-hydrogen) atoms. The fraction of sp³-hybridized carbons (Fsp3) is 0.118. The number of carbonyl (C=O) groups is 1. The highest BCUT2D eigenvalue weighted by atomic mass is 16.7. The Labute approximate surface area is 137 Å². The third-order valence-electron chi connectivity index (χ3n) is 3.64. The molecule has 1 heterocycles. The van der Waals surface area contributed by atoms with Crippen LogP contribution in [0, 0.1) is 10.1 Å². The smallest absolute Gasteiger partial charge is 0.437 e. The van der Waals surface area contributed by atoms with Gasteiger partial charge in [0.05, 0.1) is 24.1 Å².